The van der Waals surface area contributed by atoms with E-state index in [2.05, 4.69) is 0 Å². The molecule has 2 amide bonds. The van der Waals surface area contributed by atoms with Gasteiger partial charge in [0.1, 0.15) is 0 Å². The van der Waals surface area contributed by atoms with Gasteiger partial charge in [-0.05, 0) is 44.0 Å². The Bertz CT molecular complexity index is 814. The fraction of sp³-hybridized carbons (Fsp3) is 0.286. The second kappa shape index (κ2) is 6.63. The summed E-state index contributed by atoms with van der Waals surface area (Å²) in [6, 6.07) is 12.6. The molecule has 2 aromatic rings. The van der Waals surface area contributed by atoms with Crippen LogP contribution >= 0.6 is 0 Å². The van der Waals surface area contributed by atoms with Crippen LogP contribution in [0.3, 0.4) is 0 Å². The first-order valence-corrected chi connectivity index (χ1v) is 8.43. The topological polar surface area (TPSA) is 54.5 Å². The monoisotopic (exact) mass is 335 g/mol. The first-order chi connectivity index (χ1) is 11.9. The van der Waals surface area contributed by atoms with Gasteiger partial charge in [-0.15, -0.1) is 0 Å². The molecule has 25 heavy (non-hydrogen) atoms. The van der Waals surface area contributed by atoms with Gasteiger partial charge in [0.05, 0.1) is 11.1 Å². The highest BCUT2D eigenvalue weighted by molar-refractivity contribution is 6.21. The van der Waals surface area contributed by atoms with Gasteiger partial charge in [0, 0.05) is 18.5 Å². The van der Waals surface area contributed by atoms with Gasteiger partial charge in [-0.1, -0.05) is 36.2 Å². The van der Waals surface area contributed by atoms with Crippen molar-refractivity contribution in [3.05, 3.63) is 70.3 Å². The molecule has 128 valence electrons. The van der Waals surface area contributed by atoms with Crippen LogP contribution in [0.5, 0.6) is 0 Å². The molecule has 3 rings (SSSR count). The van der Waals surface area contributed by atoms with Crippen LogP contribution in [0.2, 0.25) is 0 Å². The maximum absolute atomic E-state index is 12.5. The van der Waals surface area contributed by atoms with Gasteiger partial charge >= 0.3 is 0 Å². The van der Waals surface area contributed by atoms with E-state index in [-0.39, 0.29) is 30.1 Å². The molecule has 0 spiro atoms. The number of carbonyl (C=O) groups is 3. The molecular formula is C21H21NO3. The molecule has 0 bridgehead atoms. The lowest BCUT2D eigenvalue weighted by molar-refractivity contribution is 0.0623. The van der Waals surface area contributed by atoms with E-state index < -0.39 is 0 Å². The summed E-state index contributed by atoms with van der Waals surface area (Å²) >= 11 is 0. The van der Waals surface area contributed by atoms with E-state index in [0.717, 1.165) is 11.1 Å². The number of rotatable bonds is 5. The van der Waals surface area contributed by atoms with Gasteiger partial charge in [0.2, 0.25) is 0 Å². The molecule has 0 radical (unpaired) electrons. The SMILES string of the molecule is Cc1cc(C)cc(C(=O)CC(C)CN2C(=O)c3ccccc3C2=O)c1. The minimum absolute atomic E-state index is 0.0379. The predicted molar refractivity (Wildman–Crippen MR) is 95.8 cm³/mol. The van der Waals surface area contributed by atoms with E-state index >= 15 is 0 Å². The molecule has 0 saturated heterocycles. The van der Waals surface area contributed by atoms with Gasteiger partial charge in [0.15, 0.2) is 5.78 Å². The fourth-order valence-corrected chi connectivity index (χ4v) is 3.35. The zero-order chi connectivity index (χ0) is 18.1. The van der Waals surface area contributed by atoms with E-state index in [4.69, 9.17) is 0 Å². The van der Waals surface area contributed by atoms with Crippen LogP contribution in [-0.2, 0) is 0 Å². The highest BCUT2D eigenvalue weighted by Gasteiger charge is 2.35. The minimum atomic E-state index is -0.272. The van der Waals surface area contributed by atoms with Gasteiger partial charge < -0.3 is 0 Å². The number of amides is 2. The van der Waals surface area contributed by atoms with Crippen LogP contribution in [0, 0.1) is 19.8 Å². The molecule has 1 aliphatic rings. The number of ketones is 1. The number of hydrogen-bond donors (Lipinski definition) is 0. The van der Waals surface area contributed by atoms with Crippen molar-refractivity contribution < 1.29 is 14.4 Å². The summed E-state index contributed by atoms with van der Waals surface area (Å²) in [4.78, 5) is 38.6. The third kappa shape index (κ3) is 3.38. The molecule has 1 heterocycles. The van der Waals surface area contributed by atoms with Crippen LogP contribution < -0.4 is 0 Å². The molecule has 1 unspecified atom stereocenters. The van der Waals surface area contributed by atoms with E-state index in [1.165, 1.54) is 4.90 Å². The summed E-state index contributed by atoms with van der Waals surface area (Å²) in [5, 5.41) is 0. The molecule has 1 aliphatic heterocycles. The number of aryl methyl sites for hydroxylation is 2. The van der Waals surface area contributed by atoms with Gasteiger partial charge in [0.25, 0.3) is 11.8 Å². The van der Waals surface area contributed by atoms with Crippen molar-refractivity contribution in [1.82, 2.24) is 4.90 Å². The summed E-state index contributed by atoms with van der Waals surface area (Å²) in [6.45, 7) is 6.07. The molecule has 0 saturated carbocycles. The van der Waals surface area contributed by atoms with E-state index in [1.54, 1.807) is 24.3 Å². The quantitative estimate of drug-likeness (QED) is 0.617. The standard InChI is InChI=1S/C21H21NO3/c1-13-8-14(2)10-16(9-13)19(23)11-15(3)12-22-20(24)17-6-4-5-7-18(17)21(22)25/h4-10,15H,11-12H2,1-3H3. The molecule has 0 fully saturated rings. The van der Waals surface area contributed by atoms with Crippen molar-refractivity contribution in [2.24, 2.45) is 5.92 Å². The Morgan fingerprint density at radius 2 is 1.48 bits per heavy atom. The van der Waals surface area contributed by atoms with Crippen LogP contribution in [0.15, 0.2) is 42.5 Å². The summed E-state index contributed by atoms with van der Waals surface area (Å²) in [5.74, 6) is -0.607. The maximum Gasteiger partial charge on any atom is 0.261 e. The molecule has 1 atom stereocenters. The highest BCUT2D eigenvalue weighted by Crippen LogP contribution is 2.24. The summed E-state index contributed by atoms with van der Waals surface area (Å²) in [5.41, 5.74) is 3.68. The van der Waals surface area contributed by atoms with Crippen LogP contribution in [0.25, 0.3) is 0 Å². The largest absolute Gasteiger partial charge is 0.294 e. The van der Waals surface area contributed by atoms with Crippen molar-refractivity contribution in [2.45, 2.75) is 27.2 Å². The number of fused-ring (bicyclic) bond motifs is 1. The number of nitrogens with zero attached hydrogens (tertiary/aromatic N) is 1. The third-order valence-electron chi connectivity index (χ3n) is 4.45. The van der Waals surface area contributed by atoms with E-state index in [1.807, 2.05) is 39.0 Å². The molecular weight excluding hydrogens is 314 g/mol. The smallest absolute Gasteiger partial charge is 0.261 e. The van der Waals surface area contributed by atoms with Gasteiger partial charge in [-0.3, -0.25) is 19.3 Å². The summed E-state index contributed by atoms with van der Waals surface area (Å²) < 4.78 is 0. The summed E-state index contributed by atoms with van der Waals surface area (Å²) in [6.07, 6.45) is 0.302. The fourth-order valence-electron chi connectivity index (χ4n) is 3.35. The van der Waals surface area contributed by atoms with E-state index in [9.17, 15) is 14.4 Å². The zero-order valence-electron chi connectivity index (χ0n) is 14.7. The average Bonchev–Trinajstić information content (AvgIpc) is 2.79. The Hall–Kier alpha value is -2.75. The first-order valence-electron chi connectivity index (χ1n) is 8.43. The van der Waals surface area contributed by atoms with Crippen LogP contribution in [-0.4, -0.2) is 29.0 Å². The molecule has 2 aromatic carbocycles. The zero-order valence-corrected chi connectivity index (χ0v) is 14.7. The normalized spacial score (nSPS) is 14.6. The summed E-state index contributed by atoms with van der Waals surface area (Å²) in [7, 11) is 0. The lowest BCUT2D eigenvalue weighted by atomic mass is 9.97. The van der Waals surface area contributed by atoms with Gasteiger partial charge in [-0.2, -0.15) is 0 Å². The van der Waals surface area contributed by atoms with Crippen molar-refractivity contribution in [2.75, 3.05) is 6.54 Å². The first kappa shape index (κ1) is 17.1. The number of carbonyl (C=O) groups excluding carboxylic acids is 3. The van der Waals surface area contributed by atoms with Crippen LogP contribution in [0.4, 0.5) is 0 Å². The second-order valence-corrected chi connectivity index (χ2v) is 6.88. The predicted octanol–water partition coefficient (Wildman–Crippen LogP) is 3.81. The lowest BCUT2D eigenvalue weighted by Gasteiger charge is -2.19. The second-order valence-electron chi connectivity index (χ2n) is 6.88. The number of benzene rings is 2. The number of hydrogen-bond acceptors (Lipinski definition) is 3. The lowest BCUT2D eigenvalue weighted by Crippen LogP contribution is -2.34. The Kier molecular flexibility index (Phi) is 4.53. The van der Waals surface area contributed by atoms with Crippen molar-refractivity contribution in [1.29, 1.82) is 0 Å². The van der Waals surface area contributed by atoms with Crippen molar-refractivity contribution >= 4 is 17.6 Å². The molecule has 0 N–H and O–H groups in total. The Labute approximate surface area is 147 Å². The maximum atomic E-state index is 12.5. The number of Topliss-reactive ketones (excluding diaryl/α,β-unsaturated/α-hetero) is 1. The third-order valence-corrected chi connectivity index (χ3v) is 4.45. The van der Waals surface area contributed by atoms with E-state index in [0.29, 0.717) is 23.1 Å². The van der Waals surface area contributed by atoms with Crippen LogP contribution in [0.1, 0.15) is 55.5 Å². The molecule has 0 aliphatic carbocycles. The molecule has 0 aromatic heterocycles. The van der Waals surface area contributed by atoms with Crippen molar-refractivity contribution in [3.63, 3.8) is 0 Å². The molecule has 4 heteroatoms. The highest BCUT2D eigenvalue weighted by atomic mass is 16.2. The minimum Gasteiger partial charge on any atom is -0.294 e. The average molecular weight is 335 g/mol. The number of imide groups is 1. The Morgan fingerprint density at radius 3 is 2.00 bits per heavy atom. The van der Waals surface area contributed by atoms with Crippen molar-refractivity contribution in [3.8, 4) is 0 Å². The van der Waals surface area contributed by atoms with Gasteiger partial charge in [-0.25, -0.2) is 0 Å². The molecule has 4 nitrogen and oxygen atoms in total. The Morgan fingerprint density at radius 1 is 0.960 bits per heavy atom. The Balaban J connectivity index is 1.69.